The van der Waals surface area contributed by atoms with Crippen LogP contribution >= 0.6 is 22.6 Å². The van der Waals surface area contributed by atoms with Crippen molar-refractivity contribution in [3.63, 3.8) is 0 Å². The van der Waals surface area contributed by atoms with Crippen LogP contribution in [0.2, 0.25) is 0 Å². The molecule has 0 unspecified atom stereocenters. The molecule has 1 aliphatic rings. The minimum atomic E-state index is 0.0449. The second-order valence-electron chi connectivity index (χ2n) is 4.26. The Morgan fingerprint density at radius 2 is 2.24 bits per heavy atom. The first-order valence-electron chi connectivity index (χ1n) is 5.62. The van der Waals surface area contributed by atoms with Gasteiger partial charge in [-0.3, -0.25) is 9.69 Å². The summed E-state index contributed by atoms with van der Waals surface area (Å²) >= 11 is 2.22. The molecule has 1 heterocycles. The fraction of sp³-hybridized carbons (Fsp3) is 0.417. The third kappa shape index (κ3) is 3.40. The van der Waals surface area contributed by atoms with E-state index in [-0.39, 0.29) is 5.91 Å². The predicted molar refractivity (Wildman–Crippen MR) is 77.1 cm³/mol. The molecule has 0 saturated carbocycles. The standard InChI is InChI=1S/C12H16IN3O/c1-16(9-6-14-7-9)8-12(17)15-11-5-3-2-4-10(11)13/h2-5,9,14H,6-8H2,1H3,(H,15,17). The highest BCUT2D eigenvalue weighted by Gasteiger charge is 2.22. The molecular formula is C12H16IN3O. The van der Waals surface area contributed by atoms with Crippen LogP contribution in [0.15, 0.2) is 24.3 Å². The number of carbonyl (C=O) groups excluding carboxylic acids is 1. The van der Waals surface area contributed by atoms with E-state index in [1.165, 1.54) is 0 Å². The SMILES string of the molecule is CN(CC(=O)Nc1ccccc1I)C1CNC1. The van der Waals surface area contributed by atoms with Crippen LogP contribution < -0.4 is 10.6 Å². The Balaban J connectivity index is 1.86. The molecule has 0 radical (unpaired) electrons. The summed E-state index contributed by atoms with van der Waals surface area (Å²) in [5.41, 5.74) is 0.887. The Hall–Kier alpha value is -0.660. The largest absolute Gasteiger partial charge is 0.324 e. The maximum atomic E-state index is 11.8. The van der Waals surface area contributed by atoms with E-state index >= 15 is 0 Å². The fourth-order valence-electron chi connectivity index (χ4n) is 1.69. The molecule has 0 aliphatic carbocycles. The number of amides is 1. The lowest BCUT2D eigenvalue weighted by molar-refractivity contribution is -0.117. The quantitative estimate of drug-likeness (QED) is 0.805. The second kappa shape index (κ2) is 5.79. The van der Waals surface area contributed by atoms with Gasteiger partial charge in [0.2, 0.25) is 5.91 Å². The van der Waals surface area contributed by atoms with Crippen LogP contribution in [0, 0.1) is 3.57 Å². The third-order valence-electron chi connectivity index (χ3n) is 2.92. The molecule has 2 N–H and O–H groups in total. The first-order valence-corrected chi connectivity index (χ1v) is 6.70. The van der Waals surface area contributed by atoms with Crippen molar-refractivity contribution in [3.8, 4) is 0 Å². The summed E-state index contributed by atoms with van der Waals surface area (Å²) in [6.45, 7) is 2.40. The number of likely N-dealkylation sites (N-methyl/N-ethyl adjacent to an activating group) is 1. The van der Waals surface area contributed by atoms with E-state index in [1.54, 1.807) is 0 Å². The van der Waals surface area contributed by atoms with Gasteiger partial charge in [-0.2, -0.15) is 0 Å². The van der Waals surface area contributed by atoms with Crippen molar-refractivity contribution in [2.75, 3.05) is 32.0 Å². The van der Waals surface area contributed by atoms with Crippen LogP contribution in [-0.4, -0.2) is 43.5 Å². The minimum Gasteiger partial charge on any atom is -0.324 e. The molecule has 1 aliphatic heterocycles. The van der Waals surface area contributed by atoms with E-state index in [1.807, 2.05) is 31.3 Å². The monoisotopic (exact) mass is 345 g/mol. The van der Waals surface area contributed by atoms with Crippen LogP contribution in [0.1, 0.15) is 0 Å². The lowest BCUT2D eigenvalue weighted by Gasteiger charge is -2.35. The summed E-state index contributed by atoms with van der Waals surface area (Å²) < 4.78 is 1.06. The predicted octanol–water partition coefficient (Wildman–Crippen LogP) is 1.13. The van der Waals surface area contributed by atoms with Crippen molar-refractivity contribution >= 4 is 34.2 Å². The smallest absolute Gasteiger partial charge is 0.238 e. The molecule has 1 aromatic rings. The summed E-state index contributed by atoms with van der Waals surface area (Å²) in [5.74, 6) is 0.0449. The first-order chi connectivity index (χ1) is 8.16. The number of nitrogens with one attached hydrogen (secondary N) is 2. The molecule has 1 aromatic carbocycles. The van der Waals surface area contributed by atoms with Crippen molar-refractivity contribution in [2.24, 2.45) is 0 Å². The van der Waals surface area contributed by atoms with Gasteiger partial charge in [0.25, 0.3) is 0 Å². The molecule has 17 heavy (non-hydrogen) atoms. The molecule has 0 bridgehead atoms. The molecule has 5 heteroatoms. The lowest BCUT2D eigenvalue weighted by atomic mass is 10.1. The van der Waals surface area contributed by atoms with E-state index in [2.05, 4.69) is 38.1 Å². The highest BCUT2D eigenvalue weighted by atomic mass is 127. The topological polar surface area (TPSA) is 44.4 Å². The van der Waals surface area contributed by atoms with Crippen LogP contribution in [0.5, 0.6) is 0 Å². The number of nitrogens with zero attached hydrogens (tertiary/aromatic N) is 1. The molecule has 1 fully saturated rings. The van der Waals surface area contributed by atoms with Crippen LogP contribution in [0.4, 0.5) is 5.69 Å². The average molecular weight is 345 g/mol. The molecule has 92 valence electrons. The van der Waals surface area contributed by atoms with Crippen LogP contribution in [-0.2, 0) is 4.79 Å². The Morgan fingerprint density at radius 3 is 2.82 bits per heavy atom. The van der Waals surface area contributed by atoms with Gasteiger partial charge < -0.3 is 10.6 Å². The Bertz CT molecular complexity index is 406. The molecule has 1 saturated heterocycles. The second-order valence-corrected chi connectivity index (χ2v) is 5.42. The Kier molecular flexibility index (Phi) is 4.36. The highest BCUT2D eigenvalue weighted by molar-refractivity contribution is 14.1. The summed E-state index contributed by atoms with van der Waals surface area (Å²) in [6, 6.07) is 8.29. The van der Waals surface area contributed by atoms with Crippen LogP contribution in [0.25, 0.3) is 0 Å². The molecular weight excluding hydrogens is 329 g/mol. The number of anilines is 1. The number of hydrogen-bond acceptors (Lipinski definition) is 3. The van der Waals surface area contributed by atoms with E-state index < -0.39 is 0 Å². The zero-order valence-corrected chi connectivity index (χ0v) is 11.9. The number of para-hydroxylation sites is 1. The van der Waals surface area contributed by atoms with Crippen LogP contribution in [0.3, 0.4) is 0 Å². The third-order valence-corrected chi connectivity index (χ3v) is 3.86. The molecule has 4 nitrogen and oxygen atoms in total. The van der Waals surface area contributed by atoms with Gasteiger partial charge in [-0.25, -0.2) is 0 Å². The number of carbonyl (C=O) groups is 1. The van der Waals surface area contributed by atoms with Gasteiger partial charge in [-0.1, -0.05) is 12.1 Å². The lowest BCUT2D eigenvalue weighted by Crippen LogP contribution is -2.57. The summed E-state index contributed by atoms with van der Waals surface area (Å²) in [4.78, 5) is 13.9. The number of rotatable bonds is 4. The van der Waals surface area contributed by atoms with Gasteiger partial charge in [-0.15, -0.1) is 0 Å². The zero-order chi connectivity index (χ0) is 12.3. The zero-order valence-electron chi connectivity index (χ0n) is 9.74. The van der Waals surface area contributed by atoms with E-state index in [9.17, 15) is 4.79 Å². The van der Waals surface area contributed by atoms with Gasteiger partial charge in [0.05, 0.1) is 12.2 Å². The summed E-state index contributed by atoms with van der Waals surface area (Å²) in [5, 5.41) is 6.14. The van der Waals surface area contributed by atoms with E-state index in [0.29, 0.717) is 12.6 Å². The summed E-state index contributed by atoms with van der Waals surface area (Å²) in [7, 11) is 1.99. The fourth-order valence-corrected chi connectivity index (χ4v) is 2.22. The summed E-state index contributed by atoms with van der Waals surface area (Å²) in [6.07, 6.45) is 0. The van der Waals surface area contributed by atoms with E-state index in [4.69, 9.17) is 0 Å². The van der Waals surface area contributed by atoms with Gasteiger partial charge in [0, 0.05) is 22.7 Å². The van der Waals surface area contributed by atoms with Gasteiger partial charge in [-0.05, 0) is 41.8 Å². The van der Waals surface area contributed by atoms with Crippen molar-refractivity contribution in [1.82, 2.24) is 10.2 Å². The molecule has 2 rings (SSSR count). The maximum absolute atomic E-state index is 11.8. The van der Waals surface area contributed by atoms with E-state index in [0.717, 1.165) is 22.3 Å². The normalized spacial score (nSPS) is 15.7. The number of benzene rings is 1. The van der Waals surface area contributed by atoms with Crippen molar-refractivity contribution in [2.45, 2.75) is 6.04 Å². The van der Waals surface area contributed by atoms with Gasteiger partial charge >= 0.3 is 0 Å². The van der Waals surface area contributed by atoms with Crippen molar-refractivity contribution < 1.29 is 4.79 Å². The van der Waals surface area contributed by atoms with Crippen molar-refractivity contribution in [1.29, 1.82) is 0 Å². The van der Waals surface area contributed by atoms with Gasteiger partial charge in [0.1, 0.15) is 0 Å². The van der Waals surface area contributed by atoms with Crippen molar-refractivity contribution in [3.05, 3.63) is 27.8 Å². The maximum Gasteiger partial charge on any atom is 0.238 e. The number of halogens is 1. The highest BCUT2D eigenvalue weighted by Crippen LogP contribution is 2.16. The Labute approximate surface area is 115 Å². The molecule has 1 amide bonds. The molecule has 0 atom stereocenters. The minimum absolute atomic E-state index is 0.0449. The first kappa shape index (κ1) is 12.8. The van der Waals surface area contributed by atoms with Gasteiger partial charge in [0.15, 0.2) is 0 Å². The molecule has 0 spiro atoms. The number of hydrogen-bond donors (Lipinski definition) is 2. The molecule has 0 aromatic heterocycles. The average Bonchev–Trinajstić information content (AvgIpc) is 2.18. The Morgan fingerprint density at radius 1 is 1.53 bits per heavy atom.